The van der Waals surface area contributed by atoms with Gasteiger partial charge in [0.1, 0.15) is 17.1 Å². The molecule has 3 heterocycles. The fraction of sp³-hybridized carbons (Fsp3) is 0.423. The Labute approximate surface area is 210 Å². The maximum atomic E-state index is 7.82. The number of hydrogen-bond acceptors (Lipinski definition) is 10. The number of aromatic nitrogens is 3. The van der Waals surface area contributed by atoms with E-state index in [2.05, 4.69) is 37.3 Å². The number of rotatable bonds is 7. The van der Waals surface area contributed by atoms with Gasteiger partial charge in [0.2, 0.25) is 5.90 Å². The zero-order valence-corrected chi connectivity index (χ0v) is 20.4. The van der Waals surface area contributed by atoms with Gasteiger partial charge in [-0.25, -0.2) is 9.97 Å². The molecular formula is C26H31N7O3. The van der Waals surface area contributed by atoms with Crippen LogP contribution in [0, 0.1) is 17.7 Å². The van der Waals surface area contributed by atoms with Gasteiger partial charge in [0.05, 0.1) is 30.4 Å². The van der Waals surface area contributed by atoms with Crippen molar-refractivity contribution < 1.29 is 14.2 Å². The molecule has 1 saturated heterocycles. The summed E-state index contributed by atoms with van der Waals surface area (Å²) in [6, 6.07) is 6.33. The fourth-order valence-electron chi connectivity index (χ4n) is 4.80. The van der Waals surface area contributed by atoms with Gasteiger partial charge < -0.3 is 24.4 Å². The summed E-state index contributed by atoms with van der Waals surface area (Å²) in [7, 11) is 0. The van der Waals surface area contributed by atoms with Crippen LogP contribution in [0.5, 0.6) is 5.75 Å². The first-order valence-corrected chi connectivity index (χ1v) is 12.3. The van der Waals surface area contributed by atoms with Crippen LogP contribution in [0.4, 0.5) is 11.5 Å². The van der Waals surface area contributed by atoms with Gasteiger partial charge in [0.15, 0.2) is 6.40 Å². The number of morpholine rings is 1. The molecule has 0 amide bonds. The van der Waals surface area contributed by atoms with Crippen LogP contribution in [-0.2, 0) is 9.47 Å². The summed E-state index contributed by atoms with van der Waals surface area (Å²) in [6.07, 6.45) is 9.68. The number of nitrogens with one attached hydrogen (secondary N) is 3. The van der Waals surface area contributed by atoms with Crippen molar-refractivity contribution in [1.29, 1.82) is 10.8 Å². The molecule has 36 heavy (non-hydrogen) atoms. The van der Waals surface area contributed by atoms with Crippen molar-refractivity contribution in [3.8, 4) is 5.75 Å². The zero-order valence-electron chi connectivity index (χ0n) is 20.4. The second kappa shape index (κ2) is 10.9. The molecule has 1 aliphatic heterocycles. The average molecular weight is 490 g/mol. The summed E-state index contributed by atoms with van der Waals surface area (Å²) < 4.78 is 16.9. The minimum atomic E-state index is -0.0836. The number of nitrogens with zero attached hydrogens (tertiary/aromatic N) is 4. The van der Waals surface area contributed by atoms with Crippen molar-refractivity contribution in [2.45, 2.75) is 44.8 Å². The molecule has 10 nitrogen and oxygen atoms in total. The minimum absolute atomic E-state index is 0.0836. The number of benzene rings is 1. The van der Waals surface area contributed by atoms with Gasteiger partial charge in [0.25, 0.3) is 0 Å². The molecule has 0 unspecified atom stereocenters. The predicted octanol–water partition coefficient (Wildman–Crippen LogP) is 3.92. The largest absolute Gasteiger partial charge is 0.488 e. The minimum Gasteiger partial charge on any atom is -0.488 e. The quantitative estimate of drug-likeness (QED) is 0.336. The van der Waals surface area contributed by atoms with Crippen molar-refractivity contribution in [1.82, 2.24) is 15.0 Å². The molecule has 1 aromatic carbocycles. The summed E-state index contributed by atoms with van der Waals surface area (Å²) in [4.78, 5) is 15.9. The molecule has 0 radical (unpaired) electrons. The molecular weight excluding hydrogens is 458 g/mol. The molecule has 0 bridgehead atoms. The molecule has 3 aromatic rings. The van der Waals surface area contributed by atoms with E-state index < -0.39 is 0 Å². The van der Waals surface area contributed by atoms with E-state index >= 15 is 0 Å². The van der Waals surface area contributed by atoms with E-state index in [4.69, 9.17) is 25.0 Å². The maximum Gasteiger partial charge on any atom is 0.222 e. The van der Waals surface area contributed by atoms with Crippen molar-refractivity contribution in [2.75, 3.05) is 36.5 Å². The number of aryl methyl sites for hydroxylation is 1. The Balaban J connectivity index is 1.23. The highest BCUT2D eigenvalue weighted by atomic mass is 16.5. The summed E-state index contributed by atoms with van der Waals surface area (Å²) in [5, 5.41) is 18.4. The van der Waals surface area contributed by atoms with E-state index in [1.54, 1.807) is 18.6 Å². The Kier molecular flexibility index (Phi) is 7.22. The highest BCUT2D eigenvalue weighted by Crippen LogP contribution is 2.33. The molecule has 188 valence electrons. The van der Waals surface area contributed by atoms with Crippen LogP contribution in [0.1, 0.15) is 36.8 Å². The van der Waals surface area contributed by atoms with Crippen molar-refractivity contribution in [2.24, 2.45) is 0 Å². The smallest absolute Gasteiger partial charge is 0.222 e. The molecule has 2 aliphatic rings. The average Bonchev–Trinajstić information content (AvgIpc) is 2.91. The van der Waals surface area contributed by atoms with Crippen molar-refractivity contribution >= 4 is 34.8 Å². The second-order valence-electron chi connectivity index (χ2n) is 9.16. The number of fused-ring (bicyclic) bond motifs is 1. The molecule has 1 aliphatic carbocycles. The van der Waals surface area contributed by atoms with E-state index in [-0.39, 0.29) is 12.0 Å². The molecule has 0 spiro atoms. The molecule has 0 atom stereocenters. The lowest BCUT2D eigenvalue weighted by molar-refractivity contribution is 0.122. The number of hydrogen-bond donors (Lipinski definition) is 3. The monoisotopic (exact) mass is 489 g/mol. The fourth-order valence-corrected chi connectivity index (χ4v) is 4.80. The van der Waals surface area contributed by atoms with Crippen molar-refractivity contribution in [3.63, 3.8) is 0 Å². The Morgan fingerprint density at radius 1 is 1.08 bits per heavy atom. The first-order chi connectivity index (χ1) is 17.6. The highest BCUT2D eigenvalue weighted by molar-refractivity contribution is 5.95. The lowest BCUT2D eigenvalue weighted by atomic mass is 9.92. The first kappa shape index (κ1) is 23.9. The van der Waals surface area contributed by atoms with Gasteiger partial charge in [-0.15, -0.1) is 0 Å². The lowest BCUT2D eigenvalue weighted by Crippen LogP contribution is -2.36. The Morgan fingerprint density at radius 2 is 1.86 bits per heavy atom. The topological polar surface area (TPSA) is 129 Å². The summed E-state index contributed by atoms with van der Waals surface area (Å²) >= 11 is 0. The van der Waals surface area contributed by atoms with Gasteiger partial charge in [-0.05, 0) is 50.3 Å². The number of pyridine rings is 1. The SMILES string of the molecule is Cc1cc(C(=N)OC=N)cnc1N[C@H]1CC[C@@H](Oc2cc(N3CCOCC3)cc3nccnc23)CC1. The Hall–Kier alpha value is -3.79. The summed E-state index contributed by atoms with van der Waals surface area (Å²) in [5.41, 5.74) is 4.23. The van der Waals surface area contributed by atoms with Crippen LogP contribution >= 0.6 is 0 Å². The highest BCUT2D eigenvalue weighted by Gasteiger charge is 2.25. The lowest BCUT2D eigenvalue weighted by Gasteiger charge is -2.31. The predicted molar refractivity (Wildman–Crippen MR) is 139 cm³/mol. The van der Waals surface area contributed by atoms with Crippen LogP contribution in [0.15, 0.2) is 36.8 Å². The number of anilines is 2. The number of ether oxygens (including phenoxy) is 3. The molecule has 10 heteroatoms. The molecule has 2 fully saturated rings. The molecule has 2 aromatic heterocycles. The maximum absolute atomic E-state index is 7.82. The summed E-state index contributed by atoms with van der Waals surface area (Å²) in [5.74, 6) is 1.52. The molecule has 3 N–H and O–H groups in total. The van der Waals surface area contributed by atoms with Gasteiger partial charge in [0, 0.05) is 49.5 Å². The van der Waals surface area contributed by atoms with Gasteiger partial charge in [-0.2, -0.15) is 0 Å². The standard InChI is InChI=1S/C26H31N7O3/c1-17-12-18(25(28)35-16-27)15-31-26(17)32-19-2-4-21(5-3-19)36-23-14-20(33-8-10-34-11-9-33)13-22-24(23)30-7-6-29-22/h6-7,12-16,19,21,27-28H,2-5,8-11H2,1H3,(H,31,32)/t19-,21+. The van der Waals surface area contributed by atoms with Crippen LogP contribution in [-0.4, -0.2) is 65.7 Å². The van der Waals surface area contributed by atoms with E-state index in [9.17, 15) is 0 Å². The Morgan fingerprint density at radius 3 is 2.61 bits per heavy atom. The van der Waals surface area contributed by atoms with E-state index in [1.807, 2.05) is 13.0 Å². The molecule has 5 rings (SSSR count). The van der Waals surface area contributed by atoms with Crippen LogP contribution in [0.2, 0.25) is 0 Å². The van der Waals surface area contributed by atoms with Gasteiger partial charge in [-0.1, -0.05) is 0 Å². The molecule has 1 saturated carbocycles. The van der Waals surface area contributed by atoms with E-state index in [0.717, 1.165) is 92.2 Å². The zero-order chi connectivity index (χ0) is 24.9. The van der Waals surface area contributed by atoms with E-state index in [0.29, 0.717) is 11.6 Å². The van der Waals surface area contributed by atoms with Crippen LogP contribution in [0.3, 0.4) is 0 Å². The van der Waals surface area contributed by atoms with Gasteiger partial charge >= 0.3 is 0 Å². The van der Waals surface area contributed by atoms with Gasteiger partial charge in [-0.3, -0.25) is 15.8 Å². The third-order valence-electron chi connectivity index (χ3n) is 6.73. The first-order valence-electron chi connectivity index (χ1n) is 12.3. The third-order valence-corrected chi connectivity index (χ3v) is 6.73. The summed E-state index contributed by atoms with van der Waals surface area (Å²) in [6.45, 7) is 5.12. The third kappa shape index (κ3) is 5.38. The van der Waals surface area contributed by atoms with E-state index in [1.165, 1.54) is 0 Å². The second-order valence-corrected chi connectivity index (χ2v) is 9.16. The normalized spacial score (nSPS) is 20.1. The van der Waals surface area contributed by atoms with Crippen LogP contribution < -0.4 is 15.0 Å². The van der Waals surface area contributed by atoms with Crippen molar-refractivity contribution in [3.05, 3.63) is 47.9 Å². The van der Waals surface area contributed by atoms with Crippen LogP contribution in [0.25, 0.3) is 11.0 Å². The Bertz CT molecular complexity index is 1240.